The van der Waals surface area contributed by atoms with Gasteiger partial charge in [-0.2, -0.15) is 0 Å². The molecule has 0 spiro atoms. The molecule has 1 fully saturated rings. The Morgan fingerprint density at radius 3 is 2.75 bits per heavy atom. The summed E-state index contributed by atoms with van der Waals surface area (Å²) in [6.07, 6.45) is 2.94. The van der Waals surface area contributed by atoms with Crippen LogP contribution in [0.15, 0.2) is 0 Å². The normalized spacial score (nSPS) is 29.5. The summed E-state index contributed by atoms with van der Waals surface area (Å²) in [5, 5.41) is 24.3. The number of hydrogen-bond donors (Lipinski definition) is 4. The number of rotatable bonds is 4. The Morgan fingerprint density at radius 2 is 2.25 bits per heavy atom. The van der Waals surface area contributed by atoms with E-state index in [4.69, 9.17) is 5.11 Å². The Morgan fingerprint density at radius 1 is 1.56 bits per heavy atom. The van der Waals surface area contributed by atoms with Crippen LogP contribution >= 0.6 is 0 Å². The van der Waals surface area contributed by atoms with Gasteiger partial charge in [0.15, 0.2) is 0 Å². The van der Waals surface area contributed by atoms with Crippen LogP contribution in [-0.4, -0.2) is 47.0 Å². The third-order valence-electron chi connectivity index (χ3n) is 3.09. The molecule has 1 aliphatic rings. The van der Waals surface area contributed by atoms with Crippen LogP contribution in [0.1, 0.15) is 33.1 Å². The molecule has 5 heteroatoms. The van der Waals surface area contributed by atoms with Crippen LogP contribution in [0, 0.1) is 0 Å². The average molecular weight is 230 g/mol. The molecule has 16 heavy (non-hydrogen) atoms. The minimum atomic E-state index is -1.25. The minimum absolute atomic E-state index is 0.0691. The summed E-state index contributed by atoms with van der Waals surface area (Å²) in [6.45, 7) is 3.91. The van der Waals surface area contributed by atoms with Crippen molar-refractivity contribution in [1.29, 1.82) is 0 Å². The van der Waals surface area contributed by atoms with Gasteiger partial charge in [-0.05, 0) is 39.7 Å². The van der Waals surface area contributed by atoms with Gasteiger partial charge in [-0.25, -0.2) is 0 Å². The van der Waals surface area contributed by atoms with Crippen molar-refractivity contribution in [2.75, 3.05) is 19.7 Å². The predicted molar refractivity (Wildman–Crippen MR) is 61.0 cm³/mol. The monoisotopic (exact) mass is 230 g/mol. The van der Waals surface area contributed by atoms with Crippen molar-refractivity contribution < 1.29 is 15.0 Å². The fourth-order valence-corrected chi connectivity index (χ4v) is 1.77. The van der Waals surface area contributed by atoms with E-state index in [1.54, 1.807) is 0 Å². The van der Waals surface area contributed by atoms with E-state index in [0.29, 0.717) is 0 Å². The van der Waals surface area contributed by atoms with Gasteiger partial charge in [0, 0.05) is 6.54 Å². The topological polar surface area (TPSA) is 81.6 Å². The van der Waals surface area contributed by atoms with Gasteiger partial charge in [-0.15, -0.1) is 0 Å². The zero-order valence-corrected chi connectivity index (χ0v) is 10.0. The summed E-state index contributed by atoms with van der Waals surface area (Å²) in [7, 11) is 0. The Hall–Kier alpha value is -0.650. The molecule has 1 saturated heterocycles. The van der Waals surface area contributed by atoms with E-state index in [1.165, 1.54) is 6.92 Å². The number of aliphatic hydroxyl groups is 2. The fourth-order valence-electron chi connectivity index (χ4n) is 1.77. The molecule has 1 amide bonds. The average Bonchev–Trinajstić information content (AvgIpc) is 2.27. The molecule has 4 N–H and O–H groups in total. The largest absolute Gasteiger partial charge is 0.393 e. The third-order valence-corrected chi connectivity index (χ3v) is 3.09. The van der Waals surface area contributed by atoms with Gasteiger partial charge < -0.3 is 20.8 Å². The summed E-state index contributed by atoms with van der Waals surface area (Å²) < 4.78 is 0. The van der Waals surface area contributed by atoms with Crippen molar-refractivity contribution in [2.24, 2.45) is 0 Å². The number of aliphatic hydroxyl groups excluding tert-OH is 1. The summed E-state index contributed by atoms with van der Waals surface area (Å²) in [5.74, 6) is -0.110. The van der Waals surface area contributed by atoms with Gasteiger partial charge in [-0.3, -0.25) is 4.79 Å². The zero-order chi connectivity index (χ0) is 12.2. The van der Waals surface area contributed by atoms with E-state index in [1.807, 2.05) is 6.92 Å². The van der Waals surface area contributed by atoms with Crippen molar-refractivity contribution >= 4 is 5.91 Å². The Labute approximate surface area is 96.2 Å². The molecule has 0 aliphatic carbocycles. The lowest BCUT2D eigenvalue weighted by Crippen LogP contribution is -2.58. The number of amides is 1. The lowest BCUT2D eigenvalue weighted by molar-refractivity contribution is -0.129. The highest BCUT2D eigenvalue weighted by Gasteiger charge is 2.35. The highest BCUT2D eigenvalue weighted by molar-refractivity contribution is 5.86. The maximum atomic E-state index is 11.9. The molecule has 1 aliphatic heterocycles. The summed E-state index contributed by atoms with van der Waals surface area (Å²) in [6, 6.07) is 0. The van der Waals surface area contributed by atoms with Crippen LogP contribution in [0.3, 0.4) is 0 Å². The quantitative estimate of drug-likeness (QED) is 0.519. The Balaban J connectivity index is 2.45. The molecule has 1 heterocycles. The van der Waals surface area contributed by atoms with Crippen LogP contribution in [0.4, 0.5) is 0 Å². The molecule has 5 nitrogen and oxygen atoms in total. The molecule has 1 rings (SSSR count). The third kappa shape index (κ3) is 3.43. The van der Waals surface area contributed by atoms with Gasteiger partial charge in [0.2, 0.25) is 5.91 Å². The molecule has 0 radical (unpaired) electrons. The van der Waals surface area contributed by atoms with Crippen LogP contribution in [0.2, 0.25) is 0 Å². The first-order valence-corrected chi connectivity index (χ1v) is 5.76. The lowest BCUT2D eigenvalue weighted by Gasteiger charge is -2.34. The number of hydrogen-bond acceptors (Lipinski definition) is 4. The second-order valence-corrected chi connectivity index (χ2v) is 5.05. The van der Waals surface area contributed by atoms with Gasteiger partial charge in [0.25, 0.3) is 0 Å². The van der Waals surface area contributed by atoms with Crippen LogP contribution in [0.5, 0.6) is 0 Å². The van der Waals surface area contributed by atoms with E-state index >= 15 is 0 Å². The van der Waals surface area contributed by atoms with Crippen molar-refractivity contribution in [2.45, 2.75) is 44.2 Å². The molecule has 2 unspecified atom stereocenters. The molecule has 2 atom stereocenters. The van der Waals surface area contributed by atoms with Gasteiger partial charge in [-0.1, -0.05) is 0 Å². The molecule has 0 aromatic carbocycles. The second kappa shape index (κ2) is 5.12. The fraction of sp³-hybridized carbons (Fsp3) is 0.909. The molecular weight excluding hydrogens is 208 g/mol. The number of piperidine rings is 1. The zero-order valence-electron chi connectivity index (χ0n) is 10.0. The van der Waals surface area contributed by atoms with E-state index in [9.17, 15) is 9.90 Å². The Bertz CT molecular complexity index is 248. The van der Waals surface area contributed by atoms with E-state index < -0.39 is 11.1 Å². The summed E-state index contributed by atoms with van der Waals surface area (Å²) >= 11 is 0. The van der Waals surface area contributed by atoms with E-state index in [-0.39, 0.29) is 19.1 Å². The number of nitrogens with one attached hydrogen (secondary N) is 2. The lowest BCUT2D eigenvalue weighted by atomic mass is 9.90. The van der Waals surface area contributed by atoms with Crippen LogP contribution in [0.25, 0.3) is 0 Å². The van der Waals surface area contributed by atoms with Gasteiger partial charge >= 0.3 is 0 Å². The van der Waals surface area contributed by atoms with E-state index in [2.05, 4.69) is 10.6 Å². The molecular formula is C11H22N2O3. The SMILES string of the molecule is CC(O)(CO)CNC(=O)C1(C)CCCCN1. The number of carbonyl (C=O) groups excluding carboxylic acids is 1. The Kier molecular flexibility index (Phi) is 4.29. The molecule has 0 bridgehead atoms. The van der Waals surface area contributed by atoms with E-state index in [0.717, 1.165) is 25.8 Å². The molecule has 0 aromatic heterocycles. The maximum absolute atomic E-state index is 11.9. The highest BCUT2D eigenvalue weighted by Crippen LogP contribution is 2.18. The van der Waals surface area contributed by atoms with Crippen molar-refractivity contribution in [3.8, 4) is 0 Å². The number of carbonyl (C=O) groups is 1. The van der Waals surface area contributed by atoms with Crippen molar-refractivity contribution in [3.63, 3.8) is 0 Å². The van der Waals surface area contributed by atoms with Crippen LogP contribution < -0.4 is 10.6 Å². The smallest absolute Gasteiger partial charge is 0.240 e. The second-order valence-electron chi connectivity index (χ2n) is 5.05. The molecule has 94 valence electrons. The predicted octanol–water partition coefficient (Wildman–Crippen LogP) is -0.622. The highest BCUT2D eigenvalue weighted by atomic mass is 16.3. The minimum Gasteiger partial charge on any atom is -0.393 e. The van der Waals surface area contributed by atoms with Crippen molar-refractivity contribution in [1.82, 2.24) is 10.6 Å². The first-order chi connectivity index (χ1) is 7.40. The molecule has 0 aromatic rings. The van der Waals surface area contributed by atoms with Gasteiger partial charge in [0.1, 0.15) is 5.60 Å². The van der Waals surface area contributed by atoms with Crippen molar-refractivity contribution in [3.05, 3.63) is 0 Å². The summed E-state index contributed by atoms with van der Waals surface area (Å²) in [5.41, 5.74) is -1.79. The molecule has 0 saturated carbocycles. The maximum Gasteiger partial charge on any atom is 0.240 e. The summed E-state index contributed by atoms with van der Waals surface area (Å²) in [4.78, 5) is 11.9. The first kappa shape index (κ1) is 13.4. The first-order valence-electron chi connectivity index (χ1n) is 5.76. The van der Waals surface area contributed by atoms with Crippen LogP contribution in [-0.2, 0) is 4.79 Å². The van der Waals surface area contributed by atoms with Gasteiger partial charge in [0.05, 0.1) is 12.1 Å². The standard InChI is InChI=1S/C11H22N2O3/c1-10(16,8-14)7-12-9(15)11(2)5-3-4-6-13-11/h13-14,16H,3-8H2,1-2H3,(H,12,15).